The van der Waals surface area contributed by atoms with Gasteiger partial charge in [0, 0.05) is 32.7 Å². The first-order valence-corrected chi connectivity index (χ1v) is 8.23. The van der Waals surface area contributed by atoms with Crippen molar-refractivity contribution in [3.8, 4) is 0 Å². The predicted molar refractivity (Wildman–Crippen MR) is 80.8 cm³/mol. The number of piperidine rings is 1. The van der Waals surface area contributed by atoms with Gasteiger partial charge in [0.25, 0.3) is 0 Å². The molecule has 0 saturated carbocycles. The van der Waals surface area contributed by atoms with Crippen LogP contribution < -0.4 is 0 Å². The lowest BCUT2D eigenvalue weighted by Crippen LogP contribution is -2.44. The molecular weight excluding hydrogens is 268 g/mol. The second-order valence-electron chi connectivity index (χ2n) is 6.58. The Kier molecular flexibility index (Phi) is 6.03. The minimum absolute atomic E-state index is 0.0696. The van der Waals surface area contributed by atoms with E-state index in [1.807, 2.05) is 4.90 Å². The van der Waals surface area contributed by atoms with E-state index in [9.17, 15) is 9.59 Å². The Labute approximate surface area is 127 Å². The van der Waals surface area contributed by atoms with Gasteiger partial charge >= 0.3 is 0 Å². The summed E-state index contributed by atoms with van der Waals surface area (Å²) in [6.07, 6.45) is 4.71. The van der Waals surface area contributed by atoms with Gasteiger partial charge in [-0.2, -0.15) is 0 Å². The summed E-state index contributed by atoms with van der Waals surface area (Å²) in [5.41, 5.74) is 0. The highest BCUT2D eigenvalue weighted by Crippen LogP contribution is 2.16. The van der Waals surface area contributed by atoms with Crippen molar-refractivity contribution in [1.29, 1.82) is 0 Å². The van der Waals surface area contributed by atoms with Gasteiger partial charge in [-0.1, -0.05) is 13.8 Å². The molecule has 2 fully saturated rings. The van der Waals surface area contributed by atoms with Gasteiger partial charge in [-0.25, -0.2) is 0 Å². The van der Waals surface area contributed by atoms with Crippen LogP contribution >= 0.6 is 0 Å². The van der Waals surface area contributed by atoms with Crippen LogP contribution in [0, 0.1) is 5.92 Å². The highest BCUT2D eigenvalue weighted by Gasteiger charge is 2.29. The van der Waals surface area contributed by atoms with E-state index >= 15 is 0 Å². The van der Waals surface area contributed by atoms with E-state index in [1.165, 1.54) is 0 Å². The second-order valence-corrected chi connectivity index (χ2v) is 6.58. The minimum atomic E-state index is 0.0696. The Balaban J connectivity index is 1.70. The topological polar surface area (TPSA) is 49.9 Å². The van der Waals surface area contributed by atoms with Crippen LogP contribution in [-0.4, -0.2) is 60.5 Å². The summed E-state index contributed by atoms with van der Waals surface area (Å²) < 4.78 is 5.83. The molecule has 0 radical (unpaired) electrons. The number of hydrogen-bond acceptors (Lipinski definition) is 3. The lowest BCUT2D eigenvalue weighted by molar-refractivity contribution is -0.141. The molecule has 0 unspecified atom stereocenters. The molecule has 2 aliphatic heterocycles. The lowest BCUT2D eigenvalue weighted by atomic mass is 10.1. The number of carbonyl (C=O) groups is 2. The highest BCUT2D eigenvalue weighted by atomic mass is 16.5. The normalized spacial score (nSPS) is 23.2. The number of nitrogens with zero attached hydrogens (tertiary/aromatic N) is 2. The molecule has 5 nitrogen and oxygen atoms in total. The van der Waals surface area contributed by atoms with Crippen molar-refractivity contribution in [1.82, 2.24) is 9.80 Å². The molecule has 0 spiro atoms. The standard InChI is InChI=1S/C16H28N2O3/c1-13(2)7-10-21-14-6-9-18(11-14)16(20)12-17-8-4-3-5-15(17)19/h13-14H,3-12H2,1-2H3/t14-/m0/s1. The molecular formula is C16H28N2O3. The molecule has 2 amide bonds. The Hall–Kier alpha value is -1.10. The largest absolute Gasteiger partial charge is 0.376 e. The van der Waals surface area contributed by atoms with Crippen molar-refractivity contribution in [3.05, 3.63) is 0 Å². The zero-order chi connectivity index (χ0) is 15.2. The summed E-state index contributed by atoms with van der Waals surface area (Å²) in [7, 11) is 0. The van der Waals surface area contributed by atoms with E-state index < -0.39 is 0 Å². The molecule has 0 aliphatic carbocycles. The molecule has 0 aromatic carbocycles. The molecule has 0 aromatic heterocycles. The number of hydrogen-bond donors (Lipinski definition) is 0. The summed E-state index contributed by atoms with van der Waals surface area (Å²) in [6, 6.07) is 0. The first kappa shape index (κ1) is 16.3. The van der Waals surface area contributed by atoms with Gasteiger partial charge in [0.1, 0.15) is 0 Å². The van der Waals surface area contributed by atoms with E-state index in [1.54, 1.807) is 4.90 Å². The molecule has 120 valence electrons. The van der Waals surface area contributed by atoms with Crippen LogP contribution in [0.1, 0.15) is 46.0 Å². The average Bonchev–Trinajstić information content (AvgIpc) is 2.90. The van der Waals surface area contributed by atoms with E-state index in [4.69, 9.17) is 4.74 Å². The summed E-state index contributed by atoms with van der Waals surface area (Å²) in [6.45, 7) is 7.55. The van der Waals surface area contributed by atoms with Gasteiger partial charge in [0.05, 0.1) is 12.6 Å². The third-order valence-electron chi connectivity index (χ3n) is 4.29. The van der Waals surface area contributed by atoms with Gasteiger partial charge in [-0.3, -0.25) is 9.59 Å². The van der Waals surface area contributed by atoms with Crippen molar-refractivity contribution < 1.29 is 14.3 Å². The summed E-state index contributed by atoms with van der Waals surface area (Å²) in [4.78, 5) is 27.6. The second kappa shape index (κ2) is 7.78. The average molecular weight is 296 g/mol. The zero-order valence-electron chi connectivity index (χ0n) is 13.3. The van der Waals surface area contributed by atoms with Crippen LogP contribution in [0.5, 0.6) is 0 Å². The number of rotatable bonds is 6. The summed E-state index contributed by atoms with van der Waals surface area (Å²) in [5.74, 6) is 0.841. The van der Waals surface area contributed by atoms with Gasteiger partial charge in [-0.05, 0) is 31.6 Å². The number of ether oxygens (including phenoxy) is 1. The summed E-state index contributed by atoms with van der Waals surface area (Å²) >= 11 is 0. The lowest BCUT2D eigenvalue weighted by Gasteiger charge is -2.28. The Bertz CT molecular complexity index is 371. The SMILES string of the molecule is CC(C)CCO[C@H]1CCN(C(=O)CN2CCCCC2=O)C1. The van der Waals surface area contributed by atoms with Crippen molar-refractivity contribution >= 4 is 11.8 Å². The minimum Gasteiger partial charge on any atom is -0.376 e. The fourth-order valence-corrected chi connectivity index (χ4v) is 2.85. The molecule has 0 N–H and O–H groups in total. The molecule has 21 heavy (non-hydrogen) atoms. The van der Waals surface area contributed by atoms with Crippen molar-refractivity contribution in [2.24, 2.45) is 5.92 Å². The molecule has 0 aromatic rings. The number of carbonyl (C=O) groups excluding carboxylic acids is 2. The zero-order valence-corrected chi connectivity index (χ0v) is 13.3. The van der Waals surface area contributed by atoms with Crippen molar-refractivity contribution in [2.75, 3.05) is 32.8 Å². The predicted octanol–water partition coefficient (Wildman–Crippen LogP) is 1.66. The van der Waals surface area contributed by atoms with E-state index in [0.717, 1.165) is 45.4 Å². The van der Waals surface area contributed by atoms with Gasteiger partial charge < -0.3 is 14.5 Å². The van der Waals surface area contributed by atoms with Gasteiger partial charge in [0.15, 0.2) is 0 Å². The fraction of sp³-hybridized carbons (Fsp3) is 0.875. The molecule has 2 aliphatic rings. The Morgan fingerprint density at radius 3 is 2.86 bits per heavy atom. The maximum atomic E-state index is 12.3. The third-order valence-corrected chi connectivity index (χ3v) is 4.29. The van der Waals surface area contributed by atoms with Crippen LogP contribution in [-0.2, 0) is 14.3 Å². The molecule has 0 bridgehead atoms. The monoisotopic (exact) mass is 296 g/mol. The quantitative estimate of drug-likeness (QED) is 0.749. The molecule has 2 heterocycles. The van der Waals surface area contributed by atoms with Gasteiger partial charge in [0.2, 0.25) is 11.8 Å². The van der Waals surface area contributed by atoms with Crippen LogP contribution in [0.25, 0.3) is 0 Å². The first-order chi connectivity index (χ1) is 10.1. The van der Waals surface area contributed by atoms with Crippen molar-refractivity contribution in [2.45, 2.75) is 52.1 Å². The summed E-state index contributed by atoms with van der Waals surface area (Å²) in [5, 5.41) is 0. The molecule has 2 saturated heterocycles. The molecule has 1 atom stereocenters. The fourth-order valence-electron chi connectivity index (χ4n) is 2.85. The van der Waals surface area contributed by atoms with Crippen LogP contribution in [0.4, 0.5) is 0 Å². The maximum Gasteiger partial charge on any atom is 0.242 e. The van der Waals surface area contributed by atoms with E-state index in [2.05, 4.69) is 13.8 Å². The molecule has 5 heteroatoms. The highest BCUT2D eigenvalue weighted by molar-refractivity contribution is 5.85. The molecule has 2 rings (SSSR count). The van der Waals surface area contributed by atoms with Gasteiger partial charge in [-0.15, -0.1) is 0 Å². The van der Waals surface area contributed by atoms with Crippen LogP contribution in [0.2, 0.25) is 0 Å². The Morgan fingerprint density at radius 1 is 1.33 bits per heavy atom. The number of likely N-dealkylation sites (tertiary alicyclic amines) is 2. The van der Waals surface area contributed by atoms with E-state index in [0.29, 0.717) is 18.9 Å². The van der Waals surface area contributed by atoms with Crippen LogP contribution in [0.15, 0.2) is 0 Å². The maximum absolute atomic E-state index is 12.3. The van der Waals surface area contributed by atoms with Crippen molar-refractivity contribution in [3.63, 3.8) is 0 Å². The smallest absolute Gasteiger partial charge is 0.242 e. The van der Waals surface area contributed by atoms with Crippen LogP contribution in [0.3, 0.4) is 0 Å². The number of amides is 2. The van der Waals surface area contributed by atoms with E-state index in [-0.39, 0.29) is 24.5 Å². The first-order valence-electron chi connectivity index (χ1n) is 8.23. The third kappa shape index (κ3) is 4.99. The Morgan fingerprint density at radius 2 is 2.14 bits per heavy atom.